The quantitative estimate of drug-likeness (QED) is 0.669. The van der Waals surface area contributed by atoms with Gasteiger partial charge in [0, 0.05) is 16.3 Å². The Morgan fingerprint density at radius 2 is 1.90 bits per heavy atom. The van der Waals surface area contributed by atoms with Crippen molar-refractivity contribution in [3.63, 3.8) is 0 Å². The molecular weight excluding hydrogens is 318 g/mol. The minimum Gasteiger partial charge on any atom is -0.326 e. The van der Waals surface area contributed by atoms with Crippen LogP contribution in [-0.4, -0.2) is 17.4 Å². The van der Waals surface area contributed by atoms with Crippen LogP contribution in [-0.2, 0) is 6.42 Å². The molecule has 0 N–H and O–H groups in total. The van der Waals surface area contributed by atoms with Crippen LogP contribution in [0.4, 0.5) is 0 Å². The van der Waals surface area contributed by atoms with Crippen LogP contribution in [0.5, 0.6) is 0 Å². The first-order valence-corrected chi connectivity index (χ1v) is 9.42. The van der Waals surface area contributed by atoms with Gasteiger partial charge < -0.3 is 4.90 Å². The standard InChI is InChI=1S/C16H13NOS3/c18-16(14-4-2-9-20-14)17-7-5-12-11(6-10-21-12)15(17)13-3-1-8-19-13/h1-4,6,8-10,15H,5,7H2. The molecular formula is C16H13NOS3. The number of thiophene rings is 3. The van der Waals surface area contributed by atoms with Gasteiger partial charge in [-0.1, -0.05) is 12.1 Å². The SMILES string of the molecule is O=C(c1cccs1)N1CCc2sccc2C1c1cccs1. The van der Waals surface area contributed by atoms with Crippen LogP contribution in [0.2, 0.25) is 0 Å². The van der Waals surface area contributed by atoms with Crippen molar-refractivity contribution in [3.8, 4) is 0 Å². The summed E-state index contributed by atoms with van der Waals surface area (Å²) in [6, 6.07) is 10.3. The molecule has 1 amide bonds. The van der Waals surface area contributed by atoms with E-state index in [9.17, 15) is 4.79 Å². The molecule has 3 aromatic rings. The summed E-state index contributed by atoms with van der Waals surface area (Å²) in [5.41, 5.74) is 1.30. The maximum absolute atomic E-state index is 12.8. The average molecular weight is 331 g/mol. The molecule has 4 heterocycles. The van der Waals surface area contributed by atoms with Crippen LogP contribution < -0.4 is 0 Å². The lowest BCUT2D eigenvalue weighted by Gasteiger charge is -2.35. The fourth-order valence-corrected chi connectivity index (χ4v) is 5.27. The molecule has 3 aromatic heterocycles. The topological polar surface area (TPSA) is 20.3 Å². The number of carbonyl (C=O) groups excluding carboxylic acids is 1. The molecule has 21 heavy (non-hydrogen) atoms. The van der Waals surface area contributed by atoms with Crippen molar-refractivity contribution in [1.82, 2.24) is 4.90 Å². The number of rotatable bonds is 2. The van der Waals surface area contributed by atoms with Crippen LogP contribution in [0.15, 0.2) is 46.5 Å². The Morgan fingerprint density at radius 3 is 2.67 bits per heavy atom. The van der Waals surface area contributed by atoms with E-state index in [2.05, 4.69) is 29.0 Å². The number of hydrogen-bond acceptors (Lipinski definition) is 4. The fraction of sp³-hybridized carbons (Fsp3) is 0.188. The van der Waals surface area contributed by atoms with Gasteiger partial charge in [-0.15, -0.1) is 34.0 Å². The number of hydrogen-bond donors (Lipinski definition) is 0. The molecule has 1 aliphatic rings. The predicted octanol–water partition coefficient (Wildman–Crippen LogP) is 4.66. The van der Waals surface area contributed by atoms with Gasteiger partial charge in [-0.25, -0.2) is 0 Å². The van der Waals surface area contributed by atoms with Gasteiger partial charge in [0.1, 0.15) is 0 Å². The van der Waals surface area contributed by atoms with E-state index < -0.39 is 0 Å². The lowest BCUT2D eigenvalue weighted by atomic mass is 9.98. The van der Waals surface area contributed by atoms with Crippen molar-refractivity contribution in [1.29, 1.82) is 0 Å². The first-order valence-electron chi connectivity index (χ1n) is 6.79. The Hall–Kier alpha value is -1.43. The third kappa shape index (κ3) is 2.25. The second kappa shape index (κ2) is 5.40. The third-order valence-corrected chi connectivity index (χ3v) is 6.55. The maximum Gasteiger partial charge on any atom is 0.264 e. The summed E-state index contributed by atoms with van der Waals surface area (Å²) >= 11 is 5.06. The molecule has 1 unspecified atom stereocenters. The van der Waals surface area contributed by atoms with Crippen molar-refractivity contribution < 1.29 is 4.79 Å². The zero-order chi connectivity index (χ0) is 14.2. The van der Waals surface area contributed by atoms with E-state index in [1.165, 1.54) is 26.7 Å². The second-order valence-electron chi connectivity index (χ2n) is 4.94. The molecule has 0 saturated carbocycles. The maximum atomic E-state index is 12.8. The van der Waals surface area contributed by atoms with Crippen LogP contribution in [0.1, 0.15) is 31.0 Å². The fourth-order valence-electron chi connectivity index (χ4n) is 2.83. The van der Waals surface area contributed by atoms with Crippen molar-refractivity contribution in [2.45, 2.75) is 12.5 Å². The summed E-state index contributed by atoms with van der Waals surface area (Å²) in [6.07, 6.45) is 0.964. The summed E-state index contributed by atoms with van der Waals surface area (Å²) < 4.78 is 0. The molecule has 1 aliphatic heterocycles. The van der Waals surface area contributed by atoms with E-state index in [1.807, 2.05) is 22.4 Å². The summed E-state index contributed by atoms with van der Waals surface area (Å²) in [7, 11) is 0. The number of carbonyl (C=O) groups is 1. The first kappa shape index (κ1) is 13.2. The minimum atomic E-state index is 0.0783. The number of fused-ring (bicyclic) bond motifs is 1. The molecule has 0 fully saturated rings. The zero-order valence-electron chi connectivity index (χ0n) is 11.2. The van der Waals surface area contributed by atoms with Crippen LogP contribution in [0.25, 0.3) is 0 Å². The largest absolute Gasteiger partial charge is 0.326 e. The lowest BCUT2D eigenvalue weighted by molar-refractivity contribution is 0.0704. The van der Waals surface area contributed by atoms with E-state index >= 15 is 0 Å². The molecule has 106 valence electrons. The molecule has 0 spiro atoms. The molecule has 0 radical (unpaired) electrons. The smallest absolute Gasteiger partial charge is 0.264 e. The first-order chi connectivity index (χ1) is 10.3. The summed E-state index contributed by atoms with van der Waals surface area (Å²) in [4.78, 5) is 18.4. The highest BCUT2D eigenvalue weighted by molar-refractivity contribution is 7.12. The van der Waals surface area contributed by atoms with E-state index in [0.717, 1.165) is 17.8 Å². The van der Waals surface area contributed by atoms with E-state index in [1.54, 1.807) is 22.7 Å². The summed E-state index contributed by atoms with van der Waals surface area (Å²) in [6.45, 7) is 0.798. The van der Waals surface area contributed by atoms with Gasteiger partial charge in [0.25, 0.3) is 5.91 Å². The number of nitrogens with zero attached hydrogens (tertiary/aromatic N) is 1. The van der Waals surface area contributed by atoms with Gasteiger partial charge in [0.2, 0.25) is 0 Å². The molecule has 1 atom stereocenters. The molecule has 0 bridgehead atoms. The minimum absolute atomic E-state index is 0.0783. The monoisotopic (exact) mass is 331 g/mol. The Labute approximate surface area is 135 Å². The van der Waals surface area contributed by atoms with Crippen molar-refractivity contribution in [3.05, 3.63) is 66.7 Å². The van der Waals surface area contributed by atoms with Crippen molar-refractivity contribution >= 4 is 39.9 Å². The third-order valence-electron chi connectivity index (χ3n) is 3.77. The normalized spacial score (nSPS) is 17.7. The molecule has 0 aromatic carbocycles. The Balaban J connectivity index is 1.78. The highest BCUT2D eigenvalue weighted by Gasteiger charge is 2.34. The van der Waals surface area contributed by atoms with Crippen LogP contribution in [0, 0.1) is 0 Å². The molecule has 5 heteroatoms. The molecule has 2 nitrogen and oxygen atoms in total. The number of amides is 1. The molecule has 0 aliphatic carbocycles. The van der Waals surface area contributed by atoms with Gasteiger partial charge in [-0.3, -0.25) is 4.79 Å². The average Bonchev–Trinajstić information content (AvgIpc) is 3.25. The molecule has 0 saturated heterocycles. The van der Waals surface area contributed by atoms with Gasteiger partial charge in [-0.2, -0.15) is 0 Å². The Morgan fingerprint density at radius 1 is 1.05 bits per heavy atom. The summed E-state index contributed by atoms with van der Waals surface area (Å²) in [5.74, 6) is 0.153. The zero-order valence-corrected chi connectivity index (χ0v) is 13.6. The second-order valence-corrected chi connectivity index (χ2v) is 7.87. The Kier molecular flexibility index (Phi) is 3.41. The van der Waals surface area contributed by atoms with E-state index in [-0.39, 0.29) is 11.9 Å². The highest BCUT2D eigenvalue weighted by Crippen LogP contribution is 2.40. The van der Waals surface area contributed by atoms with Gasteiger partial charge in [0.15, 0.2) is 0 Å². The highest BCUT2D eigenvalue weighted by atomic mass is 32.1. The van der Waals surface area contributed by atoms with Crippen LogP contribution in [0.3, 0.4) is 0 Å². The van der Waals surface area contributed by atoms with Gasteiger partial charge >= 0.3 is 0 Å². The Bertz CT molecular complexity index is 742. The van der Waals surface area contributed by atoms with Crippen LogP contribution >= 0.6 is 34.0 Å². The van der Waals surface area contributed by atoms with E-state index in [4.69, 9.17) is 0 Å². The van der Waals surface area contributed by atoms with Crippen molar-refractivity contribution in [2.24, 2.45) is 0 Å². The van der Waals surface area contributed by atoms with E-state index in [0.29, 0.717) is 0 Å². The van der Waals surface area contributed by atoms with Gasteiger partial charge in [0.05, 0.1) is 10.9 Å². The molecule has 4 rings (SSSR count). The summed E-state index contributed by atoms with van der Waals surface area (Å²) in [5, 5.41) is 6.20. The van der Waals surface area contributed by atoms with Gasteiger partial charge in [-0.05, 0) is 46.3 Å². The predicted molar refractivity (Wildman–Crippen MR) is 89.5 cm³/mol. The lowest BCUT2D eigenvalue weighted by Crippen LogP contribution is -2.39. The van der Waals surface area contributed by atoms with Crippen molar-refractivity contribution in [2.75, 3.05) is 6.54 Å².